The van der Waals surface area contributed by atoms with Crippen LogP contribution in [0.2, 0.25) is 5.02 Å². The van der Waals surface area contributed by atoms with Crippen molar-refractivity contribution in [2.45, 2.75) is 64.2 Å². The molecule has 0 unspecified atom stereocenters. The molecule has 232 valence electrons. The number of benzene rings is 3. The van der Waals surface area contributed by atoms with Gasteiger partial charge < -0.3 is 14.6 Å². The minimum absolute atomic E-state index is 0.112. The van der Waals surface area contributed by atoms with E-state index < -0.39 is 0 Å². The Bertz CT molecular complexity index is 1710. The molecule has 2 heterocycles. The normalized spacial score (nSPS) is 19.0. The first kappa shape index (κ1) is 30.9. The molecule has 3 aromatic carbocycles. The predicted molar refractivity (Wildman–Crippen MR) is 178 cm³/mol. The van der Waals surface area contributed by atoms with Crippen molar-refractivity contribution in [1.82, 2.24) is 15.2 Å². The van der Waals surface area contributed by atoms with Crippen molar-refractivity contribution < 1.29 is 14.0 Å². The number of hydrogen-bond donors (Lipinski definition) is 1. The summed E-state index contributed by atoms with van der Waals surface area (Å²) < 4.78 is 6.12. The van der Waals surface area contributed by atoms with Crippen molar-refractivity contribution in [3.8, 4) is 11.5 Å². The molecule has 0 atom stereocenters. The number of carbonyl (C=O) groups excluding carboxylic acids is 2. The molecule has 45 heavy (non-hydrogen) atoms. The van der Waals surface area contributed by atoms with E-state index in [0.29, 0.717) is 52.5 Å². The van der Waals surface area contributed by atoms with Gasteiger partial charge >= 0.3 is 0 Å². The van der Waals surface area contributed by atoms with Crippen LogP contribution in [0.3, 0.4) is 0 Å². The monoisotopic (exact) mass is 622 g/mol. The fourth-order valence-corrected chi connectivity index (χ4v) is 6.91. The number of nitrogens with zero attached hydrogens (tertiary/aromatic N) is 3. The highest BCUT2D eigenvalue weighted by Crippen LogP contribution is 2.38. The summed E-state index contributed by atoms with van der Waals surface area (Å²) in [5, 5.41) is 3.86. The Balaban J connectivity index is 0.973. The molecule has 2 fully saturated rings. The summed E-state index contributed by atoms with van der Waals surface area (Å²) in [6.07, 6.45) is 5.76. The van der Waals surface area contributed by atoms with Crippen LogP contribution in [0.1, 0.15) is 85.7 Å². The van der Waals surface area contributed by atoms with E-state index in [4.69, 9.17) is 22.6 Å². The smallest absolute Gasteiger partial charge is 0.251 e. The van der Waals surface area contributed by atoms with E-state index >= 15 is 0 Å². The number of hydrogen-bond acceptors (Lipinski definition) is 4. The third-order valence-electron chi connectivity index (χ3n) is 9.54. The molecule has 1 saturated heterocycles. The fourth-order valence-electron chi connectivity index (χ4n) is 6.79. The maximum atomic E-state index is 13.3. The Hall–Kier alpha value is -4.15. The molecule has 6 rings (SSSR count). The number of aromatic nitrogens is 1. The zero-order chi connectivity index (χ0) is 31.5. The van der Waals surface area contributed by atoms with Gasteiger partial charge in [0.1, 0.15) is 0 Å². The van der Waals surface area contributed by atoms with Crippen molar-refractivity contribution in [2.24, 2.45) is 11.8 Å². The second-order valence-corrected chi connectivity index (χ2v) is 13.3. The molecule has 2 aliphatic rings. The zero-order valence-electron chi connectivity index (χ0n) is 25.9. The summed E-state index contributed by atoms with van der Waals surface area (Å²) in [4.78, 5) is 36.5. The molecule has 1 saturated carbocycles. The van der Waals surface area contributed by atoms with Crippen LogP contribution >= 0.6 is 11.6 Å². The standard InChI is InChI=1S/C37H39ClN4O3/c1-23(2)32-20-31(39-3)21-33-34(32)45-36(41-33)28-8-6-27(7-9-28)35(43)40-22-24-16-18-42(19-17-24)37(44)29-10-4-25(5-11-29)26-12-14-30(38)15-13-26/h6-9,12-15,20-21,23-25,29H,4-5,10-11,16-19,22H2,1-2H3,(H,40,43). The van der Waals surface area contributed by atoms with Gasteiger partial charge in [0.15, 0.2) is 11.3 Å². The Morgan fingerprint density at radius 3 is 2.33 bits per heavy atom. The molecule has 1 N–H and O–H groups in total. The molecular weight excluding hydrogens is 584 g/mol. The van der Waals surface area contributed by atoms with Gasteiger partial charge in [0.2, 0.25) is 11.8 Å². The van der Waals surface area contributed by atoms with Crippen LogP contribution in [0.15, 0.2) is 65.1 Å². The molecule has 0 bridgehead atoms. The van der Waals surface area contributed by atoms with E-state index in [1.165, 1.54) is 5.56 Å². The van der Waals surface area contributed by atoms with Crippen molar-refractivity contribution in [2.75, 3.05) is 19.6 Å². The second kappa shape index (κ2) is 13.5. The molecule has 4 aromatic rings. The summed E-state index contributed by atoms with van der Waals surface area (Å²) in [5.41, 5.74) is 5.54. The number of likely N-dealkylation sites (tertiary alicyclic amines) is 1. The largest absolute Gasteiger partial charge is 0.436 e. The molecule has 7 nitrogen and oxygen atoms in total. The van der Waals surface area contributed by atoms with E-state index in [2.05, 4.69) is 41.1 Å². The molecule has 0 spiro atoms. The summed E-state index contributed by atoms with van der Waals surface area (Å²) in [6, 6.07) is 19.0. The molecule has 8 heteroatoms. The van der Waals surface area contributed by atoms with E-state index in [1.807, 2.05) is 35.2 Å². The van der Waals surface area contributed by atoms with Crippen LogP contribution in [0.4, 0.5) is 5.69 Å². The Labute approximate surface area is 269 Å². The quantitative estimate of drug-likeness (QED) is 0.209. The van der Waals surface area contributed by atoms with Crippen molar-refractivity contribution in [1.29, 1.82) is 0 Å². The summed E-state index contributed by atoms with van der Waals surface area (Å²) in [6.45, 7) is 13.6. The van der Waals surface area contributed by atoms with Gasteiger partial charge in [-0.3, -0.25) is 9.59 Å². The highest BCUT2D eigenvalue weighted by Gasteiger charge is 2.32. The van der Waals surface area contributed by atoms with Crippen molar-refractivity contribution >= 4 is 40.2 Å². The van der Waals surface area contributed by atoms with Gasteiger partial charge in [-0.15, -0.1) is 0 Å². The molecule has 1 aromatic heterocycles. The summed E-state index contributed by atoms with van der Waals surface area (Å²) >= 11 is 6.05. The third-order valence-corrected chi connectivity index (χ3v) is 9.80. The third kappa shape index (κ3) is 6.92. The van der Waals surface area contributed by atoms with Gasteiger partial charge in [-0.05, 0) is 116 Å². The number of carbonyl (C=O) groups is 2. The first-order valence-electron chi connectivity index (χ1n) is 16.0. The highest BCUT2D eigenvalue weighted by molar-refractivity contribution is 6.30. The van der Waals surface area contributed by atoms with Gasteiger partial charge in [-0.2, -0.15) is 0 Å². The molecule has 1 aliphatic heterocycles. The SMILES string of the molecule is [C-]#[N+]c1cc(C(C)C)c2oc(-c3ccc(C(=O)NCC4CCN(C(=O)C5CCC(c6ccc(Cl)cc6)CC5)CC4)cc3)nc2c1. The lowest BCUT2D eigenvalue weighted by Crippen LogP contribution is -2.44. The van der Waals surface area contributed by atoms with Crippen LogP contribution < -0.4 is 5.32 Å². The fraction of sp³-hybridized carbons (Fsp3) is 0.405. The first-order chi connectivity index (χ1) is 21.8. The van der Waals surface area contributed by atoms with Crippen LogP contribution in [0.5, 0.6) is 0 Å². The first-order valence-corrected chi connectivity index (χ1v) is 16.4. The average Bonchev–Trinajstić information content (AvgIpc) is 3.51. The maximum absolute atomic E-state index is 13.3. The van der Waals surface area contributed by atoms with Gasteiger partial charge in [-0.25, -0.2) is 9.83 Å². The Morgan fingerprint density at radius 1 is 1.00 bits per heavy atom. The zero-order valence-corrected chi connectivity index (χ0v) is 26.6. The van der Waals surface area contributed by atoms with Crippen LogP contribution in [-0.2, 0) is 4.79 Å². The summed E-state index contributed by atoms with van der Waals surface area (Å²) in [5.74, 6) is 1.84. The van der Waals surface area contributed by atoms with E-state index in [9.17, 15) is 9.59 Å². The topological polar surface area (TPSA) is 79.8 Å². The number of oxazole rings is 1. The number of piperidine rings is 1. The van der Waals surface area contributed by atoms with Crippen LogP contribution in [0.25, 0.3) is 27.4 Å². The van der Waals surface area contributed by atoms with Crippen molar-refractivity contribution in [3.63, 3.8) is 0 Å². The molecule has 1 aliphatic carbocycles. The second-order valence-electron chi connectivity index (χ2n) is 12.8. The van der Waals surface area contributed by atoms with E-state index in [-0.39, 0.29) is 17.7 Å². The minimum atomic E-state index is -0.112. The van der Waals surface area contributed by atoms with Crippen molar-refractivity contribution in [3.05, 3.63) is 93.8 Å². The molecular formula is C37H39ClN4O3. The lowest BCUT2D eigenvalue weighted by molar-refractivity contribution is -0.138. The highest BCUT2D eigenvalue weighted by atomic mass is 35.5. The molecule has 2 amide bonds. The average molecular weight is 623 g/mol. The van der Waals surface area contributed by atoms with E-state index in [1.54, 1.807) is 18.2 Å². The summed E-state index contributed by atoms with van der Waals surface area (Å²) in [7, 11) is 0. The number of amides is 2. The van der Waals surface area contributed by atoms with Crippen LogP contribution in [-0.4, -0.2) is 41.3 Å². The predicted octanol–water partition coefficient (Wildman–Crippen LogP) is 8.76. The number of nitrogens with one attached hydrogen (secondary N) is 1. The lowest BCUT2D eigenvalue weighted by Gasteiger charge is -2.36. The van der Waals surface area contributed by atoms with Gasteiger partial charge in [0, 0.05) is 41.7 Å². The molecule has 0 radical (unpaired) electrons. The number of halogens is 1. The minimum Gasteiger partial charge on any atom is -0.436 e. The van der Waals surface area contributed by atoms with Gasteiger partial charge in [0.25, 0.3) is 5.91 Å². The van der Waals surface area contributed by atoms with E-state index in [0.717, 1.165) is 67.8 Å². The van der Waals surface area contributed by atoms with Gasteiger partial charge in [0.05, 0.1) is 12.1 Å². The maximum Gasteiger partial charge on any atom is 0.251 e. The van der Waals surface area contributed by atoms with Gasteiger partial charge in [-0.1, -0.05) is 37.6 Å². The number of fused-ring (bicyclic) bond motifs is 1. The number of rotatable bonds is 7. The Kier molecular flexibility index (Phi) is 9.23. The van der Waals surface area contributed by atoms with Crippen LogP contribution in [0, 0.1) is 18.4 Å². The Morgan fingerprint density at radius 2 is 1.69 bits per heavy atom. The lowest BCUT2D eigenvalue weighted by atomic mass is 9.78.